The van der Waals surface area contributed by atoms with Gasteiger partial charge in [-0.25, -0.2) is 4.79 Å². The van der Waals surface area contributed by atoms with Crippen molar-refractivity contribution in [3.8, 4) is 0 Å². The van der Waals surface area contributed by atoms with Crippen molar-refractivity contribution >= 4 is 6.03 Å². The Morgan fingerprint density at radius 1 is 1.16 bits per heavy atom. The first-order valence-corrected chi connectivity index (χ1v) is 8.75. The lowest BCUT2D eigenvalue weighted by molar-refractivity contribution is -0.0410. The number of hydrogen-bond acceptors (Lipinski definition) is 3. The van der Waals surface area contributed by atoms with Crippen LogP contribution in [0.2, 0.25) is 0 Å². The van der Waals surface area contributed by atoms with Crippen LogP contribution in [0.5, 0.6) is 0 Å². The molecule has 7 nitrogen and oxygen atoms in total. The molecule has 3 rings (SSSR count). The normalized spacial score (nSPS) is 19.4. The van der Waals surface area contributed by atoms with Gasteiger partial charge >= 0.3 is 6.03 Å². The Balaban J connectivity index is 1.86. The van der Waals surface area contributed by atoms with Crippen LogP contribution in [-0.2, 0) is 14.1 Å². The van der Waals surface area contributed by atoms with Gasteiger partial charge in [0.25, 0.3) is 0 Å². The van der Waals surface area contributed by atoms with E-state index in [-0.39, 0.29) is 23.5 Å². The summed E-state index contributed by atoms with van der Waals surface area (Å²) in [6, 6.07) is 3.77. The summed E-state index contributed by atoms with van der Waals surface area (Å²) in [7, 11) is 3.77. The molecule has 0 saturated carbocycles. The molecule has 0 radical (unpaired) electrons. The van der Waals surface area contributed by atoms with E-state index >= 15 is 0 Å². The van der Waals surface area contributed by atoms with Crippen molar-refractivity contribution in [2.24, 2.45) is 25.4 Å². The number of aromatic nitrogens is 4. The van der Waals surface area contributed by atoms with Gasteiger partial charge in [-0.3, -0.25) is 9.36 Å². The molecule has 1 aliphatic rings. The van der Waals surface area contributed by atoms with Crippen LogP contribution >= 0.6 is 0 Å². The minimum absolute atomic E-state index is 0.0366. The average molecular weight is 344 g/mol. The van der Waals surface area contributed by atoms with E-state index in [4.69, 9.17) is 0 Å². The molecule has 1 atom stereocenters. The van der Waals surface area contributed by atoms with Crippen molar-refractivity contribution in [3.63, 3.8) is 0 Å². The number of likely N-dealkylation sites (tertiary alicyclic amines) is 1. The van der Waals surface area contributed by atoms with Gasteiger partial charge in [-0.15, -0.1) is 0 Å². The fourth-order valence-corrected chi connectivity index (χ4v) is 4.24. The minimum atomic E-state index is -0.288. The standard InChI is InChI=1S/C18H28N6O/c1-12(2)16-18(3,4)11-24(16)17(25)21-15(13-7-9-19-22(13)5)14-8-10-20-23(14)6/h7-10,12,15-16H,11H2,1-6H3,(H,21,25). The molecule has 1 saturated heterocycles. The molecule has 1 unspecified atom stereocenters. The van der Waals surface area contributed by atoms with E-state index in [2.05, 4.69) is 43.2 Å². The zero-order chi connectivity index (χ0) is 18.4. The summed E-state index contributed by atoms with van der Waals surface area (Å²) in [4.78, 5) is 15.0. The van der Waals surface area contributed by atoms with Crippen LogP contribution in [0.4, 0.5) is 4.79 Å². The van der Waals surface area contributed by atoms with Crippen molar-refractivity contribution in [1.82, 2.24) is 29.8 Å². The van der Waals surface area contributed by atoms with Crippen molar-refractivity contribution < 1.29 is 4.79 Å². The highest BCUT2D eigenvalue weighted by Gasteiger charge is 2.49. The maximum absolute atomic E-state index is 13.0. The van der Waals surface area contributed by atoms with E-state index in [9.17, 15) is 4.79 Å². The van der Waals surface area contributed by atoms with E-state index in [1.54, 1.807) is 21.8 Å². The molecule has 2 aromatic heterocycles. The zero-order valence-electron chi connectivity index (χ0n) is 15.9. The fourth-order valence-electron chi connectivity index (χ4n) is 4.24. The highest BCUT2D eigenvalue weighted by molar-refractivity contribution is 5.77. The van der Waals surface area contributed by atoms with Crippen molar-refractivity contribution in [3.05, 3.63) is 35.9 Å². The number of aryl methyl sites for hydroxylation is 2. The summed E-state index contributed by atoms with van der Waals surface area (Å²) in [5, 5.41) is 11.7. The number of hydrogen-bond donors (Lipinski definition) is 1. The maximum atomic E-state index is 13.0. The summed E-state index contributed by atoms with van der Waals surface area (Å²) in [6.45, 7) is 9.56. The van der Waals surface area contributed by atoms with Gasteiger partial charge < -0.3 is 10.2 Å². The van der Waals surface area contributed by atoms with Crippen LogP contribution < -0.4 is 5.32 Å². The van der Waals surface area contributed by atoms with Crippen LogP contribution in [0, 0.1) is 11.3 Å². The average Bonchev–Trinajstić information content (AvgIpc) is 3.10. The van der Waals surface area contributed by atoms with E-state index < -0.39 is 0 Å². The molecule has 2 aromatic rings. The topological polar surface area (TPSA) is 68.0 Å². The van der Waals surface area contributed by atoms with Gasteiger partial charge in [-0.05, 0) is 18.1 Å². The summed E-state index contributed by atoms with van der Waals surface area (Å²) in [5.74, 6) is 0.418. The molecule has 0 bridgehead atoms. The molecule has 136 valence electrons. The highest BCUT2D eigenvalue weighted by atomic mass is 16.2. The minimum Gasteiger partial charge on any atom is -0.324 e. The van der Waals surface area contributed by atoms with Crippen molar-refractivity contribution in [1.29, 1.82) is 0 Å². The lowest BCUT2D eigenvalue weighted by Crippen LogP contribution is -2.67. The second-order valence-corrected chi connectivity index (χ2v) is 7.95. The number of carbonyl (C=O) groups excluding carboxylic acids is 1. The SMILES string of the molecule is CC(C)C1N(C(=O)NC(c2ccnn2C)c2ccnn2C)CC1(C)C. The number of rotatable bonds is 4. The Kier molecular flexibility index (Phi) is 4.34. The second-order valence-electron chi connectivity index (χ2n) is 7.95. The van der Waals surface area contributed by atoms with Crippen LogP contribution in [-0.4, -0.2) is 43.1 Å². The van der Waals surface area contributed by atoms with E-state index in [1.165, 1.54) is 0 Å². The highest BCUT2D eigenvalue weighted by Crippen LogP contribution is 2.41. The van der Waals surface area contributed by atoms with Crippen LogP contribution in [0.3, 0.4) is 0 Å². The van der Waals surface area contributed by atoms with Gasteiger partial charge in [0.15, 0.2) is 0 Å². The zero-order valence-corrected chi connectivity index (χ0v) is 15.9. The van der Waals surface area contributed by atoms with Gasteiger partial charge in [0.2, 0.25) is 0 Å². The van der Waals surface area contributed by atoms with Gasteiger partial charge in [-0.1, -0.05) is 27.7 Å². The lowest BCUT2D eigenvalue weighted by atomic mass is 9.70. The van der Waals surface area contributed by atoms with Crippen LogP contribution in [0.15, 0.2) is 24.5 Å². The Morgan fingerprint density at radius 3 is 2.04 bits per heavy atom. The van der Waals surface area contributed by atoms with Crippen LogP contribution in [0.1, 0.15) is 45.1 Å². The van der Waals surface area contributed by atoms with E-state index in [0.29, 0.717) is 5.92 Å². The van der Waals surface area contributed by atoms with Crippen LogP contribution in [0.25, 0.3) is 0 Å². The third-order valence-electron chi connectivity index (χ3n) is 5.18. The number of amides is 2. The summed E-state index contributed by atoms with van der Waals surface area (Å²) in [6.07, 6.45) is 3.49. The van der Waals surface area contributed by atoms with Gasteiger partial charge in [-0.2, -0.15) is 10.2 Å². The molecule has 1 aliphatic heterocycles. The number of urea groups is 1. The predicted octanol–water partition coefficient (Wildman–Crippen LogP) is 2.32. The molecule has 25 heavy (non-hydrogen) atoms. The Labute approximate surface area is 149 Å². The summed E-state index contributed by atoms with van der Waals surface area (Å²) < 4.78 is 3.58. The number of nitrogens with one attached hydrogen (secondary N) is 1. The molecular formula is C18H28N6O. The number of carbonyl (C=O) groups is 1. The first kappa shape index (κ1) is 17.5. The Hall–Kier alpha value is -2.31. The lowest BCUT2D eigenvalue weighted by Gasteiger charge is -2.56. The fraction of sp³-hybridized carbons (Fsp3) is 0.611. The summed E-state index contributed by atoms with van der Waals surface area (Å²) >= 11 is 0. The predicted molar refractivity (Wildman–Crippen MR) is 95.9 cm³/mol. The van der Waals surface area contributed by atoms with Crippen molar-refractivity contribution in [2.75, 3.05) is 6.54 Å². The molecule has 2 amide bonds. The van der Waals surface area contributed by atoms with E-state index in [0.717, 1.165) is 17.9 Å². The smallest absolute Gasteiger partial charge is 0.318 e. The molecular weight excluding hydrogens is 316 g/mol. The summed E-state index contributed by atoms with van der Waals surface area (Å²) in [5.41, 5.74) is 2.01. The Bertz CT molecular complexity index is 719. The maximum Gasteiger partial charge on any atom is 0.318 e. The first-order chi connectivity index (χ1) is 11.7. The molecule has 1 fully saturated rings. The molecule has 7 heteroatoms. The van der Waals surface area contributed by atoms with Gasteiger partial charge in [0, 0.05) is 44.5 Å². The van der Waals surface area contributed by atoms with Crippen molar-refractivity contribution in [2.45, 2.75) is 39.8 Å². The quantitative estimate of drug-likeness (QED) is 0.925. The first-order valence-electron chi connectivity index (χ1n) is 8.75. The third-order valence-corrected chi connectivity index (χ3v) is 5.18. The second kappa shape index (κ2) is 6.20. The van der Waals surface area contributed by atoms with Gasteiger partial charge in [0.1, 0.15) is 6.04 Å². The van der Waals surface area contributed by atoms with E-state index in [1.807, 2.05) is 31.1 Å². The molecule has 1 N–H and O–H groups in total. The Morgan fingerprint density at radius 2 is 1.68 bits per heavy atom. The molecule has 0 aliphatic carbocycles. The largest absolute Gasteiger partial charge is 0.324 e. The third kappa shape index (κ3) is 3.03. The number of nitrogens with zero attached hydrogens (tertiary/aromatic N) is 5. The van der Waals surface area contributed by atoms with Gasteiger partial charge in [0.05, 0.1) is 11.4 Å². The molecule has 0 aromatic carbocycles. The molecule has 0 spiro atoms. The molecule has 3 heterocycles. The monoisotopic (exact) mass is 344 g/mol.